The summed E-state index contributed by atoms with van der Waals surface area (Å²) in [5, 5.41) is 2.42. The summed E-state index contributed by atoms with van der Waals surface area (Å²) in [7, 11) is 1.47. The van der Waals surface area contributed by atoms with Gasteiger partial charge in [0.25, 0.3) is 5.91 Å². The molecule has 26 heavy (non-hydrogen) atoms. The predicted molar refractivity (Wildman–Crippen MR) is 96.8 cm³/mol. The monoisotopic (exact) mass is 366 g/mol. The SMILES string of the molecule is CNC(=O)c1ccc(N2C[C@@H](C)N(C(=O)OC(C)(C)C)C[C@@H]2C)c(F)n1. The Labute approximate surface area is 153 Å². The molecule has 1 aliphatic rings. The minimum absolute atomic E-state index is 0.0295. The van der Waals surface area contributed by atoms with E-state index in [9.17, 15) is 14.0 Å². The number of pyridine rings is 1. The number of rotatable bonds is 2. The molecule has 0 unspecified atom stereocenters. The van der Waals surface area contributed by atoms with Gasteiger partial charge in [-0.05, 0) is 46.8 Å². The lowest BCUT2D eigenvalue weighted by Gasteiger charge is -2.45. The summed E-state index contributed by atoms with van der Waals surface area (Å²) >= 11 is 0. The average molecular weight is 366 g/mol. The van der Waals surface area contributed by atoms with Crippen LogP contribution in [0.1, 0.15) is 45.1 Å². The number of hydrogen-bond acceptors (Lipinski definition) is 5. The van der Waals surface area contributed by atoms with Crippen LogP contribution in [-0.4, -0.2) is 59.7 Å². The average Bonchev–Trinajstić information content (AvgIpc) is 2.54. The van der Waals surface area contributed by atoms with Crippen molar-refractivity contribution in [2.24, 2.45) is 0 Å². The summed E-state index contributed by atoms with van der Waals surface area (Å²) in [5.74, 6) is -1.14. The Morgan fingerprint density at radius 2 is 1.88 bits per heavy atom. The third-order valence-corrected chi connectivity index (χ3v) is 4.21. The largest absolute Gasteiger partial charge is 0.444 e. The molecule has 0 saturated carbocycles. The molecule has 2 amide bonds. The molecule has 1 aromatic rings. The number of ether oxygens (including phenoxy) is 1. The second-order valence-electron chi connectivity index (χ2n) is 7.57. The molecular formula is C18H27FN4O3. The molecule has 2 atom stereocenters. The molecule has 0 radical (unpaired) electrons. The topological polar surface area (TPSA) is 74.8 Å². The standard InChI is InChI=1S/C18H27FN4O3/c1-11-10-23(17(25)26-18(3,4)5)12(2)9-22(11)14-8-7-13(16(24)20-6)21-15(14)19/h7-8,11-12H,9-10H2,1-6H3,(H,20,24)/t11-,12+/m0/s1. The van der Waals surface area contributed by atoms with Crippen LogP contribution in [0, 0.1) is 5.95 Å². The Bertz CT molecular complexity index is 690. The number of hydrogen-bond donors (Lipinski definition) is 1. The molecule has 8 heteroatoms. The summed E-state index contributed by atoms with van der Waals surface area (Å²) in [6, 6.07) is 2.77. The van der Waals surface area contributed by atoms with Crippen LogP contribution < -0.4 is 10.2 Å². The van der Waals surface area contributed by atoms with Crippen molar-refractivity contribution in [2.75, 3.05) is 25.0 Å². The van der Waals surface area contributed by atoms with Gasteiger partial charge >= 0.3 is 6.09 Å². The maximum Gasteiger partial charge on any atom is 0.410 e. The van der Waals surface area contributed by atoms with Crippen molar-refractivity contribution in [1.29, 1.82) is 0 Å². The fraction of sp³-hybridized carbons (Fsp3) is 0.611. The number of nitrogens with one attached hydrogen (secondary N) is 1. The molecule has 0 aliphatic carbocycles. The van der Waals surface area contributed by atoms with Crippen LogP contribution in [-0.2, 0) is 4.74 Å². The van der Waals surface area contributed by atoms with E-state index in [0.29, 0.717) is 18.8 Å². The zero-order valence-electron chi connectivity index (χ0n) is 16.2. The highest BCUT2D eigenvalue weighted by Crippen LogP contribution is 2.26. The first-order chi connectivity index (χ1) is 12.0. The lowest BCUT2D eigenvalue weighted by molar-refractivity contribution is 0.0130. The second kappa shape index (κ2) is 7.47. The molecule has 144 valence electrons. The molecule has 0 bridgehead atoms. The van der Waals surface area contributed by atoms with E-state index in [2.05, 4.69) is 10.3 Å². The normalized spacial score (nSPS) is 20.7. The number of amides is 2. The number of halogens is 1. The molecule has 2 heterocycles. The summed E-state index contributed by atoms with van der Waals surface area (Å²) in [6.45, 7) is 10.1. The molecule has 1 saturated heterocycles. The molecule has 1 N–H and O–H groups in total. The van der Waals surface area contributed by atoms with Crippen LogP contribution in [0.4, 0.5) is 14.9 Å². The van der Waals surface area contributed by atoms with E-state index >= 15 is 0 Å². The molecule has 0 aromatic carbocycles. The van der Waals surface area contributed by atoms with Crippen LogP contribution in [0.3, 0.4) is 0 Å². The summed E-state index contributed by atoms with van der Waals surface area (Å²) in [6.07, 6.45) is -0.370. The molecule has 0 spiro atoms. The van der Waals surface area contributed by atoms with Gasteiger partial charge in [-0.1, -0.05) is 0 Å². The highest BCUT2D eigenvalue weighted by atomic mass is 19.1. The van der Waals surface area contributed by atoms with Crippen LogP contribution in [0.25, 0.3) is 0 Å². The van der Waals surface area contributed by atoms with E-state index < -0.39 is 17.5 Å². The minimum Gasteiger partial charge on any atom is -0.444 e. The van der Waals surface area contributed by atoms with Crippen molar-refractivity contribution in [3.05, 3.63) is 23.8 Å². The zero-order valence-corrected chi connectivity index (χ0v) is 16.2. The van der Waals surface area contributed by atoms with Gasteiger partial charge in [-0.15, -0.1) is 0 Å². The lowest BCUT2D eigenvalue weighted by Crippen LogP contribution is -2.59. The second-order valence-corrected chi connectivity index (χ2v) is 7.57. The van der Waals surface area contributed by atoms with E-state index in [-0.39, 0.29) is 23.9 Å². The van der Waals surface area contributed by atoms with Gasteiger partial charge in [-0.25, -0.2) is 9.78 Å². The van der Waals surface area contributed by atoms with E-state index in [1.54, 1.807) is 11.0 Å². The Hall–Kier alpha value is -2.38. The first-order valence-corrected chi connectivity index (χ1v) is 8.68. The van der Waals surface area contributed by atoms with Crippen molar-refractivity contribution >= 4 is 17.7 Å². The van der Waals surface area contributed by atoms with Crippen molar-refractivity contribution in [1.82, 2.24) is 15.2 Å². The predicted octanol–water partition coefficient (Wildman–Crippen LogP) is 2.41. The Balaban J connectivity index is 2.17. The highest BCUT2D eigenvalue weighted by Gasteiger charge is 2.35. The van der Waals surface area contributed by atoms with E-state index in [0.717, 1.165) is 0 Å². The third-order valence-electron chi connectivity index (χ3n) is 4.21. The maximum absolute atomic E-state index is 14.5. The minimum atomic E-state index is -0.698. The number of nitrogens with zero attached hydrogens (tertiary/aromatic N) is 3. The van der Waals surface area contributed by atoms with Gasteiger partial charge in [-0.3, -0.25) is 4.79 Å². The fourth-order valence-corrected chi connectivity index (χ4v) is 2.93. The van der Waals surface area contributed by atoms with Gasteiger partial charge in [0, 0.05) is 32.2 Å². The van der Waals surface area contributed by atoms with Gasteiger partial charge in [-0.2, -0.15) is 4.39 Å². The molecule has 7 nitrogen and oxygen atoms in total. The maximum atomic E-state index is 14.5. The van der Waals surface area contributed by atoms with Crippen LogP contribution in [0.15, 0.2) is 12.1 Å². The van der Waals surface area contributed by atoms with Crippen molar-refractivity contribution in [2.45, 2.75) is 52.3 Å². The summed E-state index contributed by atoms with van der Waals surface area (Å²) in [4.78, 5) is 31.3. The van der Waals surface area contributed by atoms with E-state index in [1.807, 2.05) is 39.5 Å². The number of carbonyl (C=O) groups excluding carboxylic acids is 2. The van der Waals surface area contributed by atoms with Crippen molar-refractivity contribution in [3.63, 3.8) is 0 Å². The first-order valence-electron chi connectivity index (χ1n) is 8.68. The van der Waals surface area contributed by atoms with E-state index in [1.165, 1.54) is 13.1 Å². The molecular weight excluding hydrogens is 339 g/mol. The Morgan fingerprint density at radius 1 is 1.23 bits per heavy atom. The third kappa shape index (κ3) is 4.42. The molecule has 1 aromatic heterocycles. The van der Waals surface area contributed by atoms with Crippen LogP contribution in [0.5, 0.6) is 0 Å². The number of piperazine rings is 1. The number of anilines is 1. The summed E-state index contributed by atoms with van der Waals surface area (Å²) < 4.78 is 19.9. The van der Waals surface area contributed by atoms with Gasteiger partial charge in [0.15, 0.2) is 0 Å². The molecule has 2 rings (SSSR count). The Kier molecular flexibility index (Phi) is 5.73. The molecule has 1 aliphatic heterocycles. The first kappa shape index (κ1) is 19.9. The summed E-state index contributed by atoms with van der Waals surface area (Å²) in [5.41, 5.74) is -0.217. The van der Waals surface area contributed by atoms with Crippen molar-refractivity contribution in [3.8, 4) is 0 Å². The highest BCUT2D eigenvalue weighted by molar-refractivity contribution is 5.92. The van der Waals surface area contributed by atoms with Crippen molar-refractivity contribution < 1.29 is 18.7 Å². The lowest BCUT2D eigenvalue weighted by atomic mass is 10.1. The Morgan fingerprint density at radius 3 is 2.42 bits per heavy atom. The van der Waals surface area contributed by atoms with Gasteiger partial charge < -0.3 is 19.9 Å². The van der Waals surface area contributed by atoms with Crippen LogP contribution in [0.2, 0.25) is 0 Å². The smallest absolute Gasteiger partial charge is 0.410 e. The molecule has 1 fully saturated rings. The van der Waals surface area contributed by atoms with Gasteiger partial charge in [0.1, 0.15) is 11.3 Å². The van der Waals surface area contributed by atoms with E-state index in [4.69, 9.17) is 4.74 Å². The number of carbonyl (C=O) groups is 2. The van der Waals surface area contributed by atoms with Crippen LogP contribution >= 0.6 is 0 Å². The quantitative estimate of drug-likeness (QED) is 0.814. The van der Waals surface area contributed by atoms with Gasteiger partial charge in [0.05, 0.1) is 5.69 Å². The van der Waals surface area contributed by atoms with Gasteiger partial charge in [0.2, 0.25) is 5.95 Å². The fourth-order valence-electron chi connectivity index (χ4n) is 2.93. The number of aromatic nitrogens is 1. The zero-order chi connectivity index (χ0) is 19.6.